The van der Waals surface area contributed by atoms with Gasteiger partial charge >= 0.3 is 0 Å². The molecule has 2 heterocycles. The van der Waals surface area contributed by atoms with Crippen molar-refractivity contribution in [1.29, 1.82) is 0 Å². The molecular weight excluding hydrogens is 379 g/mol. The first kappa shape index (κ1) is 18.6. The van der Waals surface area contributed by atoms with Gasteiger partial charge in [-0.25, -0.2) is 17.8 Å². The third kappa shape index (κ3) is 3.53. The van der Waals surface area contributed by atoms with Crippen LogP contribution in [0.3, 0.4) is 0 Å². The lowest BCUT2D eigenvalue weighted by molar-refractivity contribution is 0.467. The van der Waals surface area contributed by atoms with E-state index in [4.69, 9.17) is 0 Å². The Morgan fingerprint density at radius 1 is 1.07 bits per heavy atom. The highest BCUT2D eigenvalue weighted by Gasteiger charge is 2.41. The molecule has 1 saturated heterocycles. The fourth-order valence-electron chi connectivity index (χ4n) is 3.60. The zero-order valence-electron chi connectivity index (χ0n) is 15.4. The van der Waals surface area contributed by atoms with Crippen molar-refractivity contribution in [1.82, 2.24) is 13.9 Å². The number of imidazole rings is 1. The molecule has 1 aromatic heterocycles. The Morgan fingerprint density at radius 2 is 1.79 bits per heavy atom. The summed E-state index contributed by atoms with van der Waals surface area (Å²) in [6.07, 6.45) is 2.93. The normalized spacial score (nSPS) is 20.4. The zero-order chi connectivity index (χ0) is 19.7. The number of sulfonamides is 1. The van der Waals surface area contributed by atoms with Crippen LogP contribution in [0.25, 0.3) is 0 Å². The van der Waals surface area contributed by atoms with Gasteiger partial charge in [-0.1, -0.05) is 36.4 Å². The second-order valence-corrected chi connectivity index (χ2v) is 8.83. The SMILES string of the molecule is Cn1cnc(S(=O)(=O)N2CC(Nc3ccccc3)C(c3ccccc3F)C2)c1. The molecule has 3 aromatic rings. The number of anilines is 1. The summed E-state index contributed by atoms with van der Waals surface area (Å²) in [7, 11) is -2.04. The van der Waals surface area contributed by atoms with Gasteiger partial charge in [-0.3, -0.25) is 0 Å². The molecule has 0 amide bonds. The number of benzene rings is 2. The minimum absolute atomic E-state index is 0.00245. The number of rotatable bonds is 5. The van der Waals surface area contributed by atoms with E-state index in [1.807, 2.05) is 30.3 Å². The summed E-state index contributed by atoms with van der Waals surface area (Å²) < 4.78 is 43.5. The summed E-state index contributed by atoms with van der Waals surface area (Å²) in [4.78, 5) is 4.00. The molecule has 0 saturated carbocycles. The molecule has 2 aromatic carbocycles. The Balaban J connectivity index is 1.68. The van der Waals surface area contributed by atoms with Crippen LogP contribution in [-0.2, 0) is 17.1 Å². The summed E-state index contributed by atoms with van der Waals surface area (Å²) in [6.45, 7) is 0.414. The van der Waals surface area contributed by atoms with Crippen LogP contribution < -0.4 is 5.32 Å². The van der Waals surface area contributed by atoms with Crippen molar-refractivity contribution >= 4 is 15.7 Å². The molecular formula is C20H21FN4O2S. The molecule has 1 aliphatic heterocycles. The molecule has 0 spiro atoms. The van der Waals surface area contributed by atoms with Crippen LogP contribution in [0.1, 0.15) is 11.5 Å². The van der Waals surface area contributed by atoms with Crippen molar-refractivity contribution in [3.05, 3.63) is 78.5 Å². The summed E-state index contributed by atoms with van der Waals surface area (Å²) in [6, 6.07) is 15.8. The largest absolute Gasteiger partial charge is 0.380 e. The summed E-state index contributed by atoms with van der Waals surface area (Å²) in [5, 5.41) is 3.38. The van der Waals surface area contributed by atoms with Gasteiger partial charge in [-0.05, 0) is 23.8 Å². The number of para-hydroxylation sites is 1. The quantitative estimate of drug-likeness (QED) is 0.715. The topological polar surface area (TPSA) is 67.2 Å². The molecule has 2 unspecified atom stereocenters. The zero-order valence-corrected chi connectivity index (χ0v) is 16.2. The van der Waals surface area contributed by atoms with Gasteiger partial charge in [0.25, 0.3) is 10.0 Å². The van der Waals surface area contributed by atoms with E-state index in [9.17, 15) is 12.8 Å². The second kappa shape index (κ2) is 7.37. The second-order valence-electron chi connectivity index (χ2n) is 6.94. The van der Waals surface area contributed by atoms with Crippen molar-refractivity contribution < 1.29 is 12.8 Å². The third-order valence-corrected chi connectivity index (χ3v) is 6.72. The van der Waals surface area contributed by atoms with Crippen LogP contribution in [0.2, 0.25) is 0 Å². The van der Waals surface area contributed by atoms with Gasteiger partial charge < -0.3 is 9.88 Å². The van der Waals surface area contributed by atoms with E-state index in [1.54, 1.807) is 29.8 Å². The molecule has 1 fully saturated rings. The number of hydrogen-bond acceptors (Lipinski definition) is 4. The van der Waals surface area contributed by atoms with Crippen molar-refractivity contribution in [3.8, 4) is 0 Å². The van der Waals surface area contributed by atoms with E-state index >= 15 is 0 Å². The molecule has 2 atom stereocenters. The Hall–Kier alpha value is -2.71. The van der Waals surface area contributed by atoms with E-state index in [2.05, 4.69) is 10.3 Å². The van der Waals surface area contributed by atoms with Crippen molar-refractivity contribution in [2.45, 2.75) is 17.0 Å². The predicted molar refractivity (Wildman–Crippen MR) is 105 cm³/mol. The number of nitrogens with zero attached hydrogens (tertiary/aromatic N) is 3. The first-order valence-corrected chi connectivity index (χ1v) is 10.4. The van der Waals surface area contributed by atoms with E-state index in [1.165, 1.54) is 22.9 Å². The van der Waals surface area contributed by atoms with E-state index in [-0.39, 0.29) is 35.9 Å². The Bertz CT molecular complexity index is 1070. The van der Waals surface area contributed by atoms with Crippen molar-refractivity contribution in [3.63, 3.8) is 0 Å². The minimum atomic E-state index is -3.76. The highest BCUT2D eigenvalue weighted by molar-refractivity contribution is 7.89. The minimum Gasteiger partial charge on any atom is -0.380 e. The monoisotopic (exact) mass is 400 g/mol. The fraction of sp³-hybridized carbons (Fsp3) is 0.250. The highest BCUT2D eigenvalue weighted by Crippen LogP contribution is 2.34. The molecule has 28 heavy (non-hydrogen) atoms. The lowest BCUT2D eigenvalue weighted by atomic mass is 9.93. The molecule has 0 aliphatic carbocycles. The van der Waals surface area contributed by atoms with E-state index in [0.717, 1.165) is 5.69 Å². The average molecular weight is 400 g/mol. The van der Waals surface area contributed by atoms with Crippen molar-refractivity contribution in [2.24, 2.45) is 7.05 Å². The highest BCUT2D eigenvalue weighted by atomic mass is 32.2. The maximum atomic E-state index is 14.5. The van der Waals surface area contributed by atoms with Crippen LogP contribution in [-0.4, -0.2) is 41.4 Å². The molecule has 8 heteroatoms. The van der Waals surface area contributed by atoms with Crippen LogP contribution >= 0.6 is 0 Å². The van der Waals surface area contributed by atoms with Gasteiger partial charge in [0.05, 0.1) is 6.33 Å². The van der Waals surface area contributed by atoms with Crippen LogP contribution in [0.15, 0.2) is 72.1 Å². The fourth-order valence-corrected chi connectivity index (χ4v) is 5.06. The Kier molecular flexibility index (Phi) is 4.91. The molecule has 1 N–H and O–H groups in total. The number of nitrogens with one attached hydrogen (secondary N) is 1. The van der Waals surface area contributed by atoms with Gasteiger partial charge in [0.15, 0.2) is 5.03 Å². The standard InChI is InChI=1S/C20H21FN4O2S/c1-24-13-20(22-14-24)28(26,27)25-11-17(16-9-5-6-10-18(16)21)19(12-25)23-15-7-3-2-4-8-15/h2-10,13-14,17,19,23H,11-12H2,1H3. The van der Waals surface area contributed by atoms with Gasteiger partial charge in [0, 0.05) is 44.0 Å². The predicted octanol–water partition coefficient (Wildman–Crippen LogP) is 2.83. The van der Waals surface area contributed by atoms with Crippen LogP contribution in [0, 0.1) is 5.82 Å². The summed E-state index contributed by atoms with van der Waals surface area (Å²) in [5.41, 5.74) is 1.38. The van der Waals surface area contributed by atoms with E-state index in [0.29, 0.717) is 5.56 Å². The number of halogens is 1. The van der Waals surface area contributed by atoms with E-state index < -0.39 is 10.0 Å². The number of hydrogen-bond donors (Lipinski definition) is 1. The molecule has 4 rings (SSSR count). The van der Waals surface area contributed by atoms with Crippen LogP contribution in [0.4, 0.5) is 10.1 Å². The summed E-state index contributed by atoms with van der Waals surface area (Å²) >= 11 is 0. The first-order valence-electron chi connectivity index (χ1n) is 8.99. The van der Waals surface area contributed by atoms with Gasteiger partial charge in [0.2, 0.25) is 0 Å². The lowest BCUT2D eigenvalue weighted by Crippen LogP contribution is -2.32. The Labute approximate surface area is 163 Å². The third-order valence-electron chi connectivity index (χ3n) is 5.00. The van der Waals surface area contributed by atoms with Crippen LogP contribution in [0.5, 0.6) is 0 Å². The maximum Gasteiger partial charge on any atom is 0.262 e. The first-order chi connectivity index (χ1) is 13.4. The summed E-state index contributed by atoms with van der Waals surface area (Å²) in [5.74, 6) is -0.649. The Morgan fingerprint density at radius 3 is 2.46 bits per heavy atom. The average Bonchev–Trinajstić information content (AvgIpc) is 3.30. The molecule has 0 radical (unpaired) electrons. The van der Waals surface area contributed by atoms with Crippen molar-refractivity contribution in [2.75, 3.05) is 18.4 Å². The van der Waals surface area contributed by atoms with Gasteiger partial charge in [-0.15, -0.1) is 0 Å². The molecule has 146 valence electrons. The van der Waals surface area contributed by atoms with Gasteiger partial charge in [0.1, 0.15) is 5.82 Å². The molecule has 6 nitrogen and oxygen atoms in total. The maximum absolute atomic E-state index is 14.5. The molecule has 0 bridgehead atoms. The molecule has 1 aliphatic rings. The smallest absolute Gasteiger partial charge is 0.262 e. The number of aryl methyl sites for hydroxylation is 1. The number of aromatic nitrogens is 2. The van der Waals surface area contributed by atoms with Gasteiger partial charge in [-0.2, -0.15) is 4.31 Å². The lowest BCUT2D eigenvalue weighted by Gasteiger charge is -2.21.